The first-order valence-electron chi connectivity index (χ1n) is 8.96. The van der Waals surface area contributed by atoms with Crippen molar-refractivity contribution in [2.24, 2.45) is 5.92 Å². The summed E-state index contributed by atoms with van der Waals surface area (Å²) in [5.74, 6) is 0.320. The summed E-state index contributed by atoms with van der Waals surface area (Å²) in [6.45, 7) is 6.12. The Morgan fingerprint density at radius 3 is 2.88 bits per heavy atom. The van der Waals surface area contributed by atoms with E-state index in [1.54, 1.807) is 0 Å². The van der Waals surface area contributed by atoms with Crippen LogP contribution in [0.15, 0.2) is 30.5 Å². The zero-order chi connectivity index (χ0) is 17.1. The minimum Gasteiger partial charge on any atom is -0.382 e. The van der Waals surface area contributed by atoms with Crippen molar-refractivity contribution in [3.05, 3.63) is 36.0 Å². The average molecular weight is 325 g/mol. The van der Waals surface area contributed by atoms with E-state index >= 15 is 0 Å². The van der Waals surface area contributed by atoms with Gasteiger partial charge in [0.2, 0.25) is 5.91 Å². The second-order valence-electron chi connectivity index (χ2n) is 7.20. The molecular weight excluding hydrogens is 298 g/mol. The van der Waals surface area contributed by atoms with Crippen molar-refractivity contribution in [3.8, 4) is 0 Å². The van der Waals surface area contributed by atoms with Crippen LogP contribution in [0.4, 0.5) is 5.69 Å². The molecule has 1 aliphatic rings. The van der Waals surface area contributed by atoms with E-state index < -0.39 is 0 Å². The molecular formula is C20H27N3O. The summed E-state index contributed by atoms with van der Waals surface area (Å²) in [5, 5.41) is 7.89. The van der Waals surface area contributed by atoms with Gasteiger partial charge < -0.3 is 10.6 Å². The number of hydrogen-bond donors (Lipinski definition) is 2. The number of pyridine rings is 1. The highest BCUT2D eigenvalue weighted by Gasteiger charge is 2.27. The van der Waals surface area contributed by atoms with Crippen LogP contribution in [0.1, 0.15) is 45.1 Å². The highest BCUT2D eigenvalue weighted by Crippen LogP contribution is 2.30. The Morgan fingerprint density at radius 2 is 2.08 bits per heavy atom. The number of carbonyl (C=O) groups is 1. The number of anilines is 1. The molecule has 2 N–H and O–H groups in total. The van der Waals surface area contributed by atoms with Crippen molar-refractivity contribution in [2.75, 3.05) is 5.32 Å². The summed E-state index contributed by atoms with van der Waals surface area (Å²) in [4.78, 5) is 16.8. The molecule has 1 amide bonds. The lowest BCUT2D eigenvalue weighted by Gasteiger charge is -2.30. The summed E-state index contributed by atoms with van der Waals surface area (Å²) in [7, 11) is 0. The molecule has 4 nitrogen and oxygen atoms in total. The highest BCUT2D eigenvalue weighted by molar-refractivity contribution is 5.93. The number of amides is 1. The third kappa shape index (κ3) is 3.69. The number of rotatable bonds is 4. The van der Waals surface area contributed by atoms with Crippen LogP contribution in [0.5, 0.6) is 0 Å². The number of nitrogens with zero attached hydrogens (tertiary/aromatic N) is 1. The number of para-hydroxylation sites is 1. The Bertz CT molecular complexity index is 726. The van der Waals surface area contributed by atoms with Gasteiger partial charge in [-0.2, -0.15) is 0 Å². The van der Waals surface area contributed by atoms with Gasteiger partial charge in [0.1, 0.15) is 0 Å². The minimum atomic E-state index is 0.119. The number of carbonyl (C=O) groups excluding carboxylic acids is 1. The summed E-state index contributed by atoms with van der Waals surface area (Å²) in [5.41, 5.74) is 3.36. The van der Waals surface area contributed by atoms with Crippen molar-refractivity contribution in [2.45, 2.75) is 58.5 Å². The molecule has 0 spiro atoms. The van der Waals surface area contributed by atoms with Crippen molar-refractivity contribution >= 4 is 22.5 Å². The van der Waals surface area contributed by atoms with E-state index in [9.17, 15) is 4.79 Å². The van der Waals surface area contributed by atoms with Crippen LogP contribution >= 0.6 is 0 Å². The van der Waals surface area contributed by atoms with E-state index in [1.807, 2.05) is 26.1 Å². The third-order valence-electron chi connectivity index (χ3n) is 4.81. The molecule has 1 fully saturated rings. The van der Waals surface area contributed by atoms with Crippen LogP contribution in [0, 0.1) is 12.8 Å². The Morgan fingerprint density at radius 1 is 1.25 bits per heavy atom. The molecule has 0 saturated heterocycles. The number of aryl methyl sites for hydroxylation is 1. The summed E-state index contributed by atoms with van der Waals surface area (Å²) < 4.78 is 0. The second kappa shape index (κ2) is 7.20. The van der Waals surface area contributed by atoms with E-state index in [4.69, 9.17) is 0 Å². The van der Waals surface area contributed by atoms with Gasteiger partial charge in [0.15, 0.2) is 0 Å². The van der Waals surface area contributed by atoms with Crippen LogP contribution in [0.3, 0.4) is 0 Å². The van der Waals surface area contributed by atoms with E-state index in [2.05, 4.69) is 40.7 Å². The van der Waals surface area contributed by atoms with Gasteiger partial charge in [-0.3, -0.25) is 9.78 Å². The van der Waals surface area contributed by atoms with Crippen molar-refractivity contribution < 1.29 is 4.79 Å². The second-order valence-corrected chi connectivity index (χ2v) is 7.20. The molecule has 1 heterocycles. The Labute approximate surface area is 144 Å². The fraction of sp³-hybridized carbons (Fsp3) is 0.500. The quantitative estimate of drug-likeness (QED) is 0.892. The number of nitrogens with one attached hydrogen (secondary N) is 2. The van der Waals surface area contributed by atoms with E-state index in [1.165, 1.54) is 5.56 Å². The number of fused-ring (bicyclic) bond motifs is 1. The summed E-state index contributed by atoms with van der Waals surface area (Å²) in [6.07, 6.45) is 5.96. The van der Waals surface area contributed by atoms with Gasteiger partial charge in [-0.25, -0.2) is 0 Å². The fourth-order valence-corrected chi connectivity index (χ4v) is 3.63. The molecule has 1 aliphatic carbocycles. The molecule has 2 atom stereocenters. The predicted molar refractivity (Wildman–Crippen MR) is 99.1 cm³/mol. The predicted octanol–water partition coefficient (Wildman–Crippen LogP) is 4.04. The molecule has 3 rings (SSSR count). The number of aromatic nitrogens is 1. The number of hydrogen-bond acceptors (Lipinski definition) is 3. The van der Waals surface area contributed by atoms with Gasteiger partial charge in [0.25, 0.3) is 0 Å². The maximum Gasteiger partial charge on any atom is 0.223 e. The lowest BCUT2D eigenvalue weighted by Crippen LogP contribution is -2.40. The Balaban J connectivity index is 1.74. The zero-order valence-corrected chi connectivity index (χ0v) is 14.8. The van der Waals surface area contributed by atoms with Crippen LogP contribution in [-0.4, -0.2) is 23.0 Å². The first-order chi connectivity index (χ1) is 11.5. The molecule has 1 aromatic carbocycles. The van der Waals surface area contributed by atoms with E-state index in [0.717, 1.165) is 42.3 Å². The lowest BCUT2D eigenvalue weighted by molar-refractivity contribution is -0.126. The van der Waals surface area contributed by atoms with Gasteiger partial charge >= 0.3 is 0 Å². The van der Waals surface area contributed by atoms with Gasteiger partial charge in [-0.05, 0) is 51.7 Å². The average Bonchev–Trinajstić information content (AvgIpc) is 2.55. The largest absolute Gasteiger partial charge is 0.382 e. The molecule has 128 valence electrons. The zero-order valence-electron chi connectivity index (χ0n) is 14.8. The first kappa shape index (κ1) is 16.7. The van der Waals surface area contributed by atoms with Gasteiger partial charge in [-0.15, -0.1) is 0 Å². The molecule has 0 bridgehead atoms. The first-order valence-corrected chi connectivity index (χ1v) is 8.96. The molecule has 0 radical (unpaired) electrons. The monoisotopic (exact) mass is 325 g/mol. The molecule has 2 unspecified atom stereocenters. The van der Waals surface area contributed by atoms with Crippen LogP contribution < -0.4 is 10.6 Å². The molecule has 1 aromatic heterocycles. The van der Waals surface area contributed by atoms with Crippen molar-refractivity contribution in [1.29, 1.82) is 0 Å². The maximum absolute atomic E-state index is 12.3. The van der Waals surface area contributed by atoms with Crippen LogP contribution in [0.2, 0.25) is 0 Å². The Kier molecular flexibility index (Phi) is 5.03. The van der Waals surface area contributed by atoms with Crippen molar-refractivity contribution in [3.63, 3.8) is 0 Å². The maximum atomic E-state index is 12.3. The highest BCUT2D eigenvalue weighted by atomic mass is 16.1. The summed E-state index contributed by atoms with van der Waals surface area (Å²) >= 11 is 0. The SMILES string of the molecule is Cc1cccc2c(NC3CCCC(C(=O)NC(C)C)C3)ccnc12. The van der Waals surface area contributed by atoms with Gasteiger partial charge in [0.05, 0.1) is 5.52 Å². The number of benzene rings is 1. The van der Waals surface area contributed by atoms with Gasteiger partial charge in [0, 0.05) is 35.3 Å². The molecule has 1 saturated carbocycles. The van der Waals surface area contributed by atoms with E-state index in [-0.39, 0.29) is 17.9 Å². The molecule has 2 aromatic rings. The van der Waals surface area contributed by atoms with Crippen molar-refractivity contribution in [1.82, 2.24) is 10.3 Å². The van der Waals surface area contributed by atoms with Crippen LogP contribution in [0.25, 0.3) is 10.9 Å². The normalized spacial score (nSPS) is 21.0. The molecule has 4 heteroatoms. The Hall–Kier alpha value is -2.10. The third-order valence-corrected chi connectivity index (χ3v) is 4.81. The van der Waals surface area contributed by atoms with E-state index in [0.29, 0.717) is 6.04 Å². The standard InChI is InChI=1S/C20H27N3O/c1-13(2)22-20(24)15-7-5-8-16(12-15)23-18-10-11-21-19-14(3)6-4-9-17(18)19/h4,6,9-11,13,15-16H,5,7-8,12H2,1-3H3,(H,21,23)(H,22,24). The summed E-state index contributed by atoms with van der Waals surface area (Å²) in [6, 6.07) is 8.87. The topological polar surface area (TPSA) is 54.0 Å². The molecule has 0 aliphatic heterocycles. The van der Waals surface area contributed by atoms with Crippen LogP contribution in [-0.2, 0) is 4.79 Å². The smallest absolute Gasteiger partial charge is 0.223 e. The molecule has 24 heavy (non-hydrogen) atoms. The lowest BCUT2D eigenvalue weighted by atomic mass is 9.84. The minimum absolute atomic E-state index is 0.119. The fourth-order valence-electron chi connectivity index (χ4n) is 3.63. The van der Waals surface area contributed by atoms with Gasteiger partial charge in [-0.1, -0.05) is 24.6 Å².